The van der Waals surface area contributed by atoms with Gasteiger partial charge in [0.05, 0.1) is 17.9 Å². The summed E-state index contributed by atoms with van der Waals surface area (Å²) in [5, 5.41) is 12.2. The van der Waals surface area contributed by atoms with E-state index >= 15 is 0 Å². The average molecular weight is 463 g/mol. The van der Waals surface area contributed by atoms with Gasteiger partial charge in [0.2, 0.25) is 5.91 Å². The lowest BCUT2D eigenvalue weighted by molar-refractivity contribution is -0.146. The molecule has 2 amide bonds. The molecule has 2 aromatic carbocycles. The molecule has 178 valence electrons. The van der Waals surface area contributed by atoms with Crippen molar-refractivity contribution >= 4 is 18.0 Å². The number of hydrogen-bond acceptors (Lipinski definition) is 4. The van der Waals surface area contributed by atoms with Crippen molar-refractivity contribution in [2.45, 2.75) is 50.0 Å². The molecule has 34 heavy (non-hydrogen) atoms. The van der Waals surface area contributed by atoms with Gasteiger partial charge in [-0.1, -0.05) is 48.5 Å². The predicted octanol–water partition coefficient (Wildman–Crippen LogP) is 4.16. The molecule has 0 bridgehead atoms. The second-order valence-electron chi connectivity index (χ2n) is 9.75. The number of alkyl carbamates (subject to hydrolysis) is 1. The Morgan fingerprint density at radius 2 is 1.56 bits per heavy atom. The van der Waals surface area contributed by atoms with E-state index in [1.807, 2.05) is 24.3 Å². The molecule has 1 heterocycles. The van der Waals surface area contributed by atoms with Crippen LogP contribution >= 0.6 is 0 Å². The topological polar surface area (TPSA) is 95.9 Å². The summed E-state index contributed by atoms with van der Waals surface area (Å²) in [6.07, 6.45) is 3.15. The minimum Gasteiger partial charge on any atom is -0.481 e. The summed E-state index contributed by atoms with van der Waals surface area (Å²) >= 11 is 0. The van der Waals surface area contributed by atoms with E-state index in [9.17, 15) is 14.4 Å². The van der Waals surface area contributed by atoms with Gasteiger partial charge in [-0.15, -0.1) is 0 Å². The molecule has 7 heteroatoms. The summed E-state index contributed by atoms with van der Waals surface area (Å²) in [4.78, 5) is 38.6. The van der Waals surface area contributed by atoms with Crippen molar-refractivity contribution in [1.29, 1.82) is 0 Å². The van der Waals surface area contributed by atoms with Gasteiger partial charge in [0.1, 0.15) is 6.61 Å². The van der Waals surface area contributed by atoms with Gasteiger partial charge < -0.3 is 20.1 Å². The van der Waals surface area contributed by atoms with Crippen LogP contribution in [0.2, 0.25) is 0 Å². The zero-order valence-corrected chi connectivity index (χ0v) is 19.2. The van der Waals surface area contributed by atoms with E-state index in [2.05, 4.69) is 29.6 Å². The molecular formula is C27H30N2O5. The van der Waals surface area contributed by atoms with Crippen molar-refractivity contribution in [3.63, 3.8) is 0 Å². The van der Waals surface area contributed by atoms with Crippen LogP contribution in [0.25, 0.3) is 11.1 Å². The van der Waals surface area contributed by atoms with Gasteiger partial charge in [0.25, 0.3) is 0 Å². The van der Waals surface area contributed by atoms with Crippen molar-refractivity contribution in [2.75, 3.05) is 19.7 Å². The molecule has 0 aromatic heterocycles. The Kier molecular flexibility index (Phi) is 6.02. The maximum atomic E-state index is 12.9. The molecule has 2 aliphatic carbocycles. The molecule has 1 saturated carbocycles. The summed E-state index contributed by atoms with van der Waals surface area (Å²) < 4.78 is 5.70. The molecule has 2 fully saturated rings. The van der Waals surface area contributed by atoms with Crippen LogP contribution in [-0.4, -0.2) is 53.2 Å². The summed E-state index contributed by atoms with van der Waals surface area (Å²) in [7, 11) is 0. The van der Waals surface area contributed by atoms with Crippen LogP contribution in [0.1, 0.15) is 55.6 Å². The van der Waals surface area contributed by atoms with Gasteiger partial charge in [-0.2, -0.15) is 0 Å². The van der Waals surface area contributed by atoms with Gasteiger partial charge >= 0.3 is 12.1 Å². The zero-order chi connectivity index (χ0) is 23.7. The molecule has 0 spiro atoms. The first kappa shape index (κ1) is 22.4. The Hall–Kier alpha value is -3.35. The Morgan fingerprint density at radius 1 is 0.971 bits per heavy atom. The molecule has 3 aliphatic rings. The lowest BCUT2D eigenvalue weighted by Crippen LogP contribution is -2.56. The number of carboxylic acids is 1. The monoisotopic (exact) mass is 462 g/mol. The quantitative estimate of drug-likeness (QED) is 0.672. The number of nitrogens with one attached hydrogen (secondary N) is 1. The van der Waals surface area contributed by atoms with Gasteiger partial charge in [0.15, 0.2) is 0 Å². The van der Waals surface area contributed by atoms with E-state index in [0.717, 1.165) is 30.4 Å². The molecule has 0 atom stereocenters. The normalized spacial score (nSPS) is 19.0. The second-order valence-corrected chi connectivity index (χ2v) is 9.75. The standard InChI is InChI=1S/C27H30N2O5/c30-24(29-14-10-18(11-15-29)25(31)32)16-27(12-5-13-27)28-26(33)34-17-23-21-8-3-1-6-19(21)20-7-2-4-9-22(20)23/h1-4,6-9,18,23H,5,10-17H2,(H,28,33)(H,31,32). The fourth-order valence-electron chi connectivity index (χ4n) is 5.58. The number of carboxylic acid groups (broad SMARTS) is 1. The highest BCUT2D eigenvalue weighted by molar-refractivity contribution is 5.80. The minimum absolute atomic E-state index is 0.00680. The molecule has 5 rings (SSSR count). The SMILES string of the molecule is O=C(NC1(CC(=O)N2CCC(C(=O)O)CC2)CCC1)OCC1c2ccccc2-c2ccccc21. The summed E-state index contributed by atoms with van der Waals surface area (Å²) in [6, 6.07) is 16.4. The summed E-state index contributed by atoms with van der Waals surface area (Å²) in [5.41, 5.74) is 4.12. The molecule has 0 unspecified atom stereocenters. The van der Waals surface area contributed by atoms with Gasteiger partial charge in [0, 0.05) is 19.0 Å². The highest BCUT2D eigenvalue weighted by Gasteiger charge is 2.42. The van der Waals surface area contributed by atoms with Crippen molar-refractivity contribution < 1.29 is 24.2 Å². The van der Waals surface area contributed by atoms with Crippen LogP contribution < -0.4 is 5.32 Å². The molecule has 7 nitrogen and oxygen atoms in total. The van der Waals surface area contributed by atoms with Crippen LogP contribution in [0.5, 0.6) is 0 Å². The van der Waals surface area contributed by atoms with Gasteiger partial charge in [-0.25, -0.2) is 4.79 Å². The molecular weight excluding hydrogens is 432 g/mol. The number of likely N-dealkylation sites (tertiary alicyclic amines) is 1. The van der Waals surface area contributed by atoms with Crippen LogP contribution in [0, 0.1) is 5.92 Å². The van der Waals surface area contributed by atoms with E-state index in [0.29, 0.717) is 25.9 Å². The van der Waals surface area contributed by atoms with Crippen LogP contribution in [0.15, 0.2) is 48.5 Å². The number of benzene rings is 2. The number of piperidine rings is 1. The number of amides is 2. The highest BCUT2D eigenvalue weighted by Crippen LogP contribution is 2.44. The van der Waals surface area contributed by atoms with E-state index in [1.165, 1.54) is 11.1 Å². The molecule has 2 aromatic rings. The van der Waals surface area contributed by atoms with Crippen LogP contribution in [0.4, 0.5) is 4.79 Å². The Balaban J connectivity index is 1.18. The van der Waals surface area contributed by atoms with E-state index < -0.39 is 17.6 Å². The first-order valence-electron chi connectivity index (χ1n) is 12.1. The number of aliphatic carboxylic acids is 1. The molecule has 0 radical (unpaired) electrons. The Bertz CT molecular complexity index is 1060. The number of nitrogens with zero attached hydrogens (tertiary/aromatic N) is 1. The molecule has 1 saturated heterocycles. The largest absolute Gasteiger partial charge is 0.481 e. The first-order chi connectivity index (χ1) is 16.5. The van der Waals surface area contributed by atoms with Crippen LogP contribution in [0.3, 0.4) is 0 Å². The first-order valence-corrected chi connectivity index (χ1v) is 12.1. The van der Waals surface area contributed by atoms with Gasteiger partial charge in [-0.3, -0.25) is 9.59 Å². The smallest absolute Gasteiger partial charge is 0.407 e. The predicted molar refractivity (Wildman–Crippen MR) is 126 cm³/mol. The lowest BCUT2D eigenvalue weighted by Gasteiger charge is -2.43. The summed E-state index contributed by atoms with van der Waals surface area (Å²) in [6.45, 7) is 1.15. The van der Waals surface area contributed by atoms with E-state index in [4.69, 9.17) is 9.84 Å². The number of hydrogen-bond donors (Lipinski definition) is 2. The number of carbonyl (C=O) groups excluding carboxylic acids is 2. The third-order valence-electron chi connectivity index (χ3n) is 7.71. The fourth-order valence-corrected chi connectivity index (χ4v) is 5.58. The lowest BCUT2D eigenvalue weighted by atomic mass is 9.74. The van der Waals surface area contributed by atoms with Crippen molar-refractivity contribution in [3.8, 4) is 11.1 Å². The average Bonchev–Trinajstić information content (AvgIpc) is 3.15. The summed E-state index contributed by atoms with van der Waals surface area (Å²) in [5.74, 6) is -1.20. The molecule has 1 aliphatic heterocycles. The maximum Gasteiger partial charge on any atom is 0.407 e. The number of carbonyl (C=O) groups is 3. The van der Waals surface area contributed by atoms with Gasteiger partial charge in [-0.05, 0) is 54.4 Å². The van der Waals surface area contributed by atoms with Crippen molar-refractivity contribution in [3.05, 3.63) is 59.7 Å². The third-order valence-corrected chi connectivity index (χ3v) is 7.71. The number of rotatable bonds is 6. The highest BCUT2D eigenvalue weighted by atomic mass is 16.5. The van der Waals surface area contributed by atoms with E-state index in [1.54, 1.807) is 4.90 Å². The Morgan fingerprint density at radius 3 is 2.09 bits per heavy atom. The molecule has 2 N–H and O–H groups in total. The number of ether oxygens (including phenoxy) is 1. The third kappa shape index (κ3) is 4.27. The zero-order valence-electron chi connectivity index (χ0n) is 19.2. The fraction of sp³-hybridized carbons (Fsp3) is 0.444. The van der Waals surface area contributed by atoms with Crippen molar-refractivity contribution in [1.82, 2.24) is 10.2 Å². The second kappa shape index (κ2) is 9.12. The van der Waals surface area contributed by atoms with Crippen molar-refractivity contribution in [2.24, 2.45) is 5.92 Å². The maximum absolute atomic E-state index is 12.9. The Labute approximate surface area is 199 Å². The van der Waals surface area contributed by atoms with Crippen LogP contribution in [-0.2, 0) is 14.3 Å². The number of fused-ring (bicyclic) bond motifs is 3. The minimum atomic E-state index is -0.792. The van der Waals surface area contributed by atoms with E-state index in [-0.39, 0.29) is 30.8 Å².